The van der Waals surface area contributed by atoms with Gasteiger partial charge in [-0.3, -0.25) is 4.99 Å². The molecule has 2 aromatic rings. The first-order chi connectivity index (χ1) is 13.7. The molecule has 0 spiro atoms. The lowest BCUT2D eigenvalue weighted by Gasteiger charge is -2.18. The lowest BCUT2D eigenvalue weighted by Crippen LogP contribution is -2.36. The highest BCUT2D eigenvalue weighted by molar-refractivity contribution is 5.79. The molecule has 0 atom stereocenters. The van der Waals surface area contributed by atoms with Crippen molar-refractivity contribution in [2.24, 2.45) is 4.99 Å². The zero-order chi connectivity index (χ0) is 20.4. The van der Waals surface area contributed by atoms with Crippen molar-refractivity contribution in [3.05, 3.63) is 47.5 Å². The van der Waals surface area contributed by atoms with E-state index in [1.807, 2.05) is 43.3 Å². The van der Waals surface area contributed by atoms with E-state index in [4.69, 9.17) is 18.9 Å². The summed E-state index contributed by atoms with van der Waals surface area (Å²) in [4.78, 5) is 4.28. The normalized spacial score (nSPS) is 11.0. The van der Waals surface area contributed by atoms with Gasteiger partial charge in [0, 0.05) is 31.3 Å². The van der Waals surface area contributed by atoms with Gasteiger partial charge in [0.15, 0.2) is 17.5 Å². The molecule has 0 amide bonds. The summed E-state index contributed by atoms with van der Waals surface area (Å²) < 4.78 is 22.0. The highest BCUT2D eigenvalue weighted by Gasteiger charge is 2.16. The molecule has 0 fully saturated rings. The monoisotopic (exact) mass is 387 g/mol. The van der Waals surface area contributed by atoms with Crippen LogP contribution in [0.5, 0.6) is 23.0 Å². The summed E-state index contributed by atoms with van der Waals surface area (Å²) in [5.41, 5.74) is 1.99. The number of nitrogens with zero attached hydrogens (tertiary/aromatic N) is 1. The van der Waals surface area contributed by atoms with E-state index in [1.165, 1.54) is 0 Å². The zero-order valence-electron chi connectivity index (χ0n) is 17.2. The predicted octanol–water partition coefficient (Wildman–Crippen LogP) is 2.98. The van der Waals surface area contributed by atoms with Gasteiger partial charge in [0.05, 0.1) is 27.9 Å². The van der Waals surface area contributed by atoms with Crippen LogP contribution in [0.3, 0.4) is 0 Å². The molecule has 0 unspecified atom stereocenters. The number of ether oxygens (including phenoxy) is 4. The molecule has 0 aliphatic rings. The molecule has 0 heterocycles. The molecule has 28 heavy (non-hydrogen) atoms. The van der Waals surface area contributed by atoms with Crippen LogP contribution in [0.2, 0.25) is 0 Å². The van der Waals surface area contributed by atoms with Gasteiger partial charge in [0.25, 0.3) is 0 Å². The summed E-state index contributed by atoms with van der Waals surface area (Å²) in [5.74, 6) is 3.36. The Balaban J connectivity index is 2.05. The number of aliphatic imine (C=N–C) groups is 1. The fourth-order valence-corrected chi connectivity index (χ4v) is 2.83. The Bertz CT molecular complexity index is 793. The van der Waals surface area contributed by atoms with Crippen LogP contribution in [0.15, 0.2) is 41.4 Å². The molecule has 0 aromatic heterocycles. The number of para-hydroxylation sites is 1. The number of nitrogens with one attached hydrogen (secondary N) is 2. The molecule has 2 rings (SSSR count). The lowest BCUT2D eigenvalue weighted by molar-refractivity contribution is 0.322. The molecule has 0 aliphatic carbocycles. The molecule has 0 bridgehead atoms. The molecule has 0 radical (unpaired) electrons. The van der Waals surface area contributed by atoms with Crippen molar-refractivity contribution < 1.29 is 18.9 Å². The summed E-state index contributed by atoms with van der Waals surface area (Å²) in [6.07, 6.45) is 0. The molecule has 2 N–H and O–H groups in total. The number of hydrogen-bond acceptors (Lipinski definition) is 5. The molecule has 0 saturated heterocycles. The largest absolute Gasteiger partial charge is 0.494 e. The third-order valence-corrected chi connectivity index (χ3v) is 4.17. The van der Waals surface area contributed by atoms with E-state index in [-0.39, 0.29) is 0 Å². The van der Waals surface area contributed by atoms with Gasteiger partial charge in [0.1, 0.15) is 5.75 Å². The van der Waals surface area contributed by atoms with Crippen molar-refractivity contribution in [1.29, 1.82) is 0 Å². The molecule has 0 saturated carbocycles. The molecule has 152 valence electrons. The van der Waals surface area contributed by atoms with Gasteiger partial charge in [-0.25, -0.2) is 0 Å². The van der Waals surface area contributed by atoms with E-state index in [1.54, 1.807) is 28.4 Å². The third-order valence-electron chi connectivity index (χ3n) is 4.17. The Hall–Kier alpha value is -3.09. The Morgan fingerprint density at radius 3 is 2.11 bits per heavy atom. The lowest BCUT2D eigenvalue weighted by atomic mass is 10.1. The number of guanidine groups is 1. The maximum absolute atomic E-state index is 5.67. The van der Waals surface area contributed by atoms with Crippen molar-refractivity contribution in [3.8, 4) is 23.0 Å². The number of benzene rings is 2. The quantitative estimate of drug-likeness (QED) is 0.509. The fraction of sp³-hybridized carbons (Fsp3) is 0.381. The van der Waals surface area contributed by atoms with Gasteiger partial charge in [-0.2, -0.15) is 0 Å². The predicted molar refractivity (Wildman–Crippen MR) is 111 cm³/mol. The Kier molecular flexibility index (Phi) is 8.27. The number of rotatable bonds is 9. The van der Waals surface area contributed by atoms with E-state index < -0.39 is 0 Å². The second kappa shape index (κ2) is 10.9. The zero-order valence-corrected chi connectivity index (χ0v) is 17.2. The molecule has 7 nitrogen and oxygen atoms in total. The Morgan fingerprint density at radius 1 is 0.821 bits per heavy atom. The highest BCUT2D eigenvalue weighted by atomic mass is 16.5. The summed E-state index contributed by atoms with van der Waals surface area (Å²) >= 11 is 0. The first-order valence-corrected chi connectivity index (χ1v) is 9.11. The molecule has 2 aromatic carbocycles. The minimum atomic E-state index is 0.510. The molecular formula is C21H29N3O4. The first-order valence-electron chi connectivity index (χ1n) is 9.11. The Morgan fingerprint density at radius 2 is 1.50 bits per heavy atom. The minimum Gasteiger partial charge on any atom is -0.494 e. The first kappa shape index (κ1) is 21.2. The van der Waals surface area contributed by atoms with E-state index >= 15 is 0 Å². The van der Waals surface area contributed by atoms with Gasteiger partial charge in [-0.1, -0.05) is 18.2 Å². The van der Waals surface area contributed by atoms with E-state index in [0.717, 1.165) is 16.9 Å². The van der Waals surface area contributed by atoms with Crippen LogP contribution in [-0.2, 0) is 13.1 Å². The average molecular weight is 387 g/mol. The standard InChI is InChI=1S/C21H29N3O4/c1-6-28-17-10-8-7-9-15(17)13-23-21(22-2)24-14-16-11-12-18(25-3)20(27-5)19(16)26-4/h7-12H,6,13-14H2,1-5H3,(H2,22,23,24). The molecule has 0 aliphatic heterocycles. The number of hydrogen-bond donors (Lipinski definition) is 2. The van der Waals surface area contributed by atoms with Gasteiger partial charge in [0.2, 0.25) is 5.75 Å². The van der Waals surface area contributed by atoms with Crippen molar-refractivity contribution in [2.45, 2.75) is 20.0 Å². The van der Waals surface area contributed by atoms with Gasteiger partial charge in [-0.15, -0.1) is 0 Å². The van der Waals surface area contributed by atoms with Gasteiger partial charge >= 0.3 is 0 Å². The SMILES string of the molecule is CCOc1ccccc1CNC(=NC)NCc1ccc(OC)c(OC)c1OC. The number of methoxy groups -OCH3 is 3. The molecular weight excluding hydrogens is 358 g/mol. The molecule has 7 heteroatoms. The van der Waals surface area contributed by atoms with E-state index in [9.17, 15) is 0 Å². The summed E-state index contributed by atoms with van der Waals surface area (Å²) in [7, 11) is 6.53. The second-order valence-corrected chi connectivity index (χ2v) is 5.81. The topological polar surface area (TPSA) is 73.3 Å². The van der Waals surface area contributed by atoms with Crippen LogP contribution < -0.4 is 29.6 Å². The van der Waals surface area contributed by atoms with Crippen LogP contribution in [-0.4, -0.2) is 40.9 Å². The van der Waals surface area contributed by atoms with Crippen molar-refractivity contribution in [1.82, 2.24) is 10.6 Å². The van der Waals surface area contributed by atoms with Crippen LogP contribution in [0, 0.1) is 0 Å². The third kappa shape index (κ3) is 5.22. The highest BCUT2D eigenvalue weighted by Crippen LogP contribution is 2.39. The van der Waals surface area contributed by atoms with Gasteiger partial charge < -0.3 is 29.6 Å². The van der Waals surface area contributed by atoms with E-state index in [2.05, 4.69) is 15.6 Å². The summed E-state index contributed by atoms with van der Waals surface area (Å²) in [6, 6.07) is 11.7. The van der Waals surface area contributed by atoms with Gasteiger partial charge in [-0.05, 0) is 25.1 Å². The Labute approximate surface area is 166 Å². The second-order valence-electron chi connectivity index (χ2n) is 5.81. The smallest absolute Gasteiger partial charge is 0.203 e. The van der Waals surface area contributed by atoms with Crippen molar-refractivity contribution in [2.75, 3.05) is 35.0 Å². The summed E-state index contributed by atoms with van der Waals surface area (Å²) in [6.45, 7) is 3.71. The van der Waals surface area contributed by atoms with Crippen LogP contribution in [0.25, 0.3) is 0 Å². The van der Waals surface area contributed by atoms with Crippen LogP contribution in [0.4, 0.5) is 0 Å². The van der Waals surface area contributed by atoms with Crippen molar-refractivity contribution in [3.63, 3.8) is 0 Å². The fourth-order valence-electron chi connectivity index (χ4n) is 2.83. The minimum absolute atomic E-state index is 0.510. The van der Waals surface area contributed by atoms with Crippen LogP contribution >= 0.6 is 0 Å². The maximum atomic E-state index is 5.67. The average Bonchev–Trinajstić information content (AvgIpc) is 2.74. The maximum Gasteiger partial charge on any atom is 0.203 e. The summed E-state index contributed by atoms with van der Waals surface area (Å²) in [5, 5.41) is 6.60. The van der Waals surface area contributed by atoms with Crippen LogP contribution in [0.1, 0.15) is 18.1 Å². The van der Waals surface area contributed by atoms with E-state index in [0.29, 0.717) is 42.9 Å². The van der Waals surface area contributed by atoms with Crippen molar-refractivity contribution >= 4 is 5.96 Å².